The number of hydrogen-bond donors (Lipinski definition) is 0. The van der Waals surface area contributed by atoms with E-state index < -0.39 is 0 Å². The summed E-state index contributed by atoms with van der Waals surface area (Å²) in [4.78, 5) is 0. The normalized spacial score (nSPS) is 13.2. The van der Waals surface area contributed by atoms with Gasteiger partial charge in [-0.2, -0.15) is 13.3 Å². The Labute approximate surface area is 160 Å². The van der Waals surface area contributed by atoms with Crippen molar-refractivity contribution in [3.63, 3.8) is 0 Å². The predicted octanol–water partition coefficient (Wildman–Crippen LogP) is 1.46. The molecule has 0 aromatic rings. The fraction of sp³-hybridized carbons (Fsp3) is 0.938. The molecule has 0 amide bonds. The maximum Gasteiger partial charge on any atom is 2.00 e. The molecule has 0 spiro atoms. The van der Waals surface area contributed by atoms with Crippen LogP contribution in [-0.2, 0) is 9.47 Å². The molecule has 0 aromatic heterocycles. The topological polar surface area (TPSA) is 18.5 Å². The second kappa shape index (κ2) is 20.4. The summed E-state index contributed by atoms with van der Waals surface area (Å²) in [6, 6.07) is 0. The van der Waals surface area contributed by atoms with Crippen LogP contribution in [0.5, 0.6) is 0 Å². The van der Waals surface area contributed by atoms with Gasteiger partial charge < -0.3 is 39.9 Å². The zero-order valence-electron chi connectivity index (χ0n) is 14.0. The van der Waals surface area contributed by atoms with E-state index >= 15 is 0 Å². The second-order valence-electron chi connectivity index (χ2n) is 5.52. The molecule has 4 heteroatoms. The standard InChI is InChI=1S/C16H33O2.HI.Mg/c1-5-7-11-17-14-18-12-8-10-16(4)13-15(3)9-6-2;;/h6,15-16H,5,7-14H2,1-4H3;1H;/q-1;;+2/p-1. The SMILES string of the molecule is C[CH-]CC(C)CC(C)CCCOCOCCCC.[I-].[Mg+2]. The van der Waals surface area contributed by atoms with Gasteiger partial charge in [-0.05, 0) is 25.2 Å². The quantitative estimate of drug-likeness (QED) is 0.151. The minimum Gasteiger partial charge on any atom is -1.00 e. The molecule has 2 unspecified atom stereocenters. The molecule has 0 aliphatic carbocycles. The summed E-state index contributed by atoms with van der Waals surface area (Å²) in [5.74, 6) is 1.63. The van der Waals surface area contributed by atoms with Crippen molar-refractivity contribution in [2.24, 2.45) is 11.8 Å². The van der Waals surface area contributed by atoms with Crippen molar-refractivity contribution in [1.82, 2.24) is 0 Å². The number of unbranched alkanes of at least 4 members (excludes halogenated alkanes) is 1. The molecule has 0 aliphatic heterocycles. The zero-order chi connectivity index (χ0) is 13.6. The molecule has 0 radical (unpaired) electrons. The average molecular weight is 409 g/mol. The molecular formula is C16H33IMgO2. The van der Waals surface area contributed by atoms with Gasteiger partial charge in [0.2, 0.25) is 0 Å². The minimum absolute atomic E-state index is 0. The minimum atomic E-state index is 0. The van der Waals surface area contributed by atoms with Crippen LogP contribution in [0.3, 0.4) is 0 Å². The van der Waals surface area contributed by atoms with Gasteiger partial charge in [-0.25, -0.2) is 0 Å². The van der Waals surface area contributed by atoms with E-state index in [-0.39, 0.29) is 47.0 Å². The molecule has 0 saturated heterocycles. The van der Waals surface area contributed by atoms with Crippen LogP contribution in [0.4, 0.5) is 0 Å². The number of halogens is 1. The first kappa shape index (κ1) is 26.3. The summed E-state index contributed by atoms with van der Waals surface area (Å²) in [5.41, 5.74) is 0. The van der Waals surface area contributed by atoms with Crippen LogP contribution in [0.25, 0.3) is 0 Å². The Kier molecular flexibility index (Phi) is 26.9. The van der Waals surface area contributed by atoms with Crippen LogP contribution in [-0.4, -0.2) is 43.1 Å². The second-order valence-corrected chi connectivity index (χ2v) is 5.52. The van der Waals surface area contributed by atoms with E-state index in [9.17, 15) is 0 Å². The molecule has 20 heavy (non-hydrogen) atoms. The maximum atomic E-state index is 5.45. The average Bonchev–Trinajstić information content (AvgIpc) is 2.32. The summed E-state index contributed by atoms with van der Waals surface area (Å²) < 4.78 is 10.8. The molecule has 0 saturated carbocycles. The van der Waals surface area contributed by atoms with Crippen molar-refractivity contribution in [1.29, 1.82) is 0 Å². The van der Waals surface area contributed by atoms with E-state index in [2.05, 4.69) is 34.1 Å². The van der Waals surface area contributed by atoms with Gasteiger partial charge in [0.25, 0.3) is 0 Å². The van der Waals surface area contributed by atoms with E-state index in [1.807, 2.05) is 0 Å². The van der Waals surface area contributed by atoms with Crippen LogP contribution < -0.4 is 24.0 Å². The fourth-order valence-corrected chi connectivity index (χ4v) is 2.26. The molecule has 0 heterocycles. The number of hydrogen-bond acceptors (Lipinski definition) is 2. The van der Waals surface area contributed by atoms with Gasteiger partial charge in [0.15, 0.2) is 0 Å². The first-order chi connectivity index (χ1) is 8.70. The third kappa shape index (κ3) is 19.4. The molecule has 0 aromatic carbocycles. The van der Waals surface area contributed by atoms with E-state index in [1.54, 1.807) is 0 Å². The Hall–Kier alpha value is 1.42. The van der Waals surface area contributed by atoms with Gasteiger partial charge in [0, 0.05) is 13.2 Å². The summed E-state index contributed by atoms with van der Waals surface area (Å²) in [6.45, 7) is 11.1. The van der Waals surface area contributed by atoms with Crippen molar-refractivity contribution >= 4 is 23.1 Å². The molecule has 0 bridgehead atoms. The number of rotatable bonds is 13. The van der Waals surface area contributed by atoms with Gasteiger partial charge >= 0.3 is 23.1 Å². The monoisotopic (exact) mass is 408 g/mol. The zero-order valence-corrected chi connectivity index (χ0v) is 17.6. The summed E-state index contributed by atoms with van der Waals surface area (Å²) in [7, 11) is 0. The van der Waals surface area contributed by atoms with Crippen molar-refractivity contribution in [2.45, 2.75) is 66.2 Å². The smallest absolute Gasteiger partial charge is 1.00 e. The fourth-order valence-electron chi connectivity index (χ4n) is 2.26. The molecule has 2 atom stereocenters. The van der Waals surface area contributed by atoms with E-state index in [0.717, 1.165) is 37.9 Å². The largest absolute Gasteiger partial charge is 2.00 e. The van der Waals surface area contributed by atoms with Gasteiger partial charge in [0.1, 0.15) is 6.79 Å². The van der Waals surface area contributed by atoms with Crippen LogP contribution in [0, 0.1) is 18.3 Å². The van der Waals surface area contributed by atoms with Crippen LogP contribution in [0.1, 0.15) is 66.2 Å². The van der Waals surface area contributed by atoms with Crippen molar-refractivity contribution in [3.05, 3.63) is 6.42 Å². The van der Waals surface area contributed by atoms with Gasteiger partial charge in [-0.3, -0.25) is 0 Å². The first-order valence-electron chi connectivity index (χ1n) is 7.64. The predicted molar refractivity (Wildman–Crippen MR) is 84.2 cm³/mol. The molecule has 0 fully saturated rings. The van der Waals surface area contributed by atoms with Crippen LogP contribution in [0.15, 0.2) is 0 Å². The first-order valence-corrected chi connectivity index (χ1v) is 7.64. The Morgan fingerprint density at radius 2 is 1.60 bits per heavy atom. The van der Waals surface area contributed by atoms with E-state index in [1.165, 1.54) is 25.7 Å². The number of ether oxygens (including phenoxy) is 2. The summed E-state index contributed by atoms with van der Waals surface area (Å²) in [6.07, 6.45) is 9.58. The van der Waals surface area contributed by atoms with Gasteiger partial charge in [0.05, 0.1) is 0 Å². The Bertz CT molecular complexity index is 171. The third-order valence-corrected chi connectivity index (χ3v) is 3.24. The van der Waals surface area contributed by atoms with Crippen molar-refractivity contribution in [3.8, 4) is 0 Å². The molecule has 2 nitrogen and oxygen atoms in total. The van der Waals surface area contributed by atoms with E-state index in [0.29, 0.717) is 6.79 Å². The van der Waals surface area contributed by atoms with Crippen LogP contribution in [0.2, 0.25) is 0 Å². The summed E-state index contributed by atoms with van der Waals surface area (Å²) in [5, 5.41) is 0. The molecule has 0 N–H and O–H groups in total. The maximum absolute atomic E-state index is 5.45. The molecule has 118 valence electrons. The van der Waals surface area contributed by atoms with Crippen molar-refractivity contribution in [2.75, 3.05) is 20.0 Å². The van der Waals surface area contributed by atoms with Gasteiger partial charge in [-0.1, -0.05) is 39.5 Å². The Balaban J connectivity index is -0.00000144. The molecule has 0 aliphatic rings. The molecule has 0 rings (SSSR count). The molecular weight excluding hydrogens is 375 g/mol. The Morgan fingerprint density at radius 3 is 2.15 bits per heavy atom. The van der Waals surface area contributed by atoms with Gasteiger partial charge in [-0.15, -0.1) is 0 Å². The Morgan fingerprint density at radius 1 is 1.00 bits per heavy atom. The third-order valence-electron chi connectivity index (χ3n) is 3.24. The van der Waals surface area contributed by atoms with Crippen LogP contribution >= 0.6 is 0 Å². The van der Waals surface area contributed by atoms with E-state index in [4.69, 9.17) is 9.47 Å². The van der Waals surface area contributed by atoms with Crippen molar-refractivity contribution < 1.29 is 33.5 Å². The summed E-state index contributed by atoms with van der Waals surface area (Å²) >= 11 is 0.